The van der Waals surface area contributed by atoms with E-state index < -0.39 is 0 Å². The van der Waals surface area contributed by atoms with Crippen LogP contribution in [0.1, 0.15) is 13.3 Å². The molecule has 1 aromatic carbocycles. The number of rotatable bonds is 7. The van der Waals surface area contributed by atoms with E-state index >= 15 is 0 Å². The predicted octanol–water partition coefficient (Wildman–Crippen LogP) is 3.22. The monoisotopic (exact) mass is 323 g/mol. The van der Waals surface area contributed by atoms with Crippen LogP contribution < -0.4 is 5.32 Å². The summed E-state index contributed by atoms with van der Waals surface area (Å²) in [5, 5.41) is 3.54. The van der Waals surface area contributed by atoms with Gasteiger partial charge in [-0.25, -0.2) is 4.98 Å². The normalized spacial score (nSPS) is 12.1. The minimum absolute atomic E-state index is 0.0561. The zero-order chi connectivity index (χ0) is 15.1. The number of imidazole rings is 1. The van der Waals surface area contributed by atoms with E-state index in [1.807, 2.05) is 42.0 Å². The molecule has 1 aromatic heterocycles. The number of nitrogens with one attached hydrogen (secondary N) is 1. The number of hydrogen-bond acceptors (Lipinski definition) is 3. The van der Waals surface area contributed by atoms with E-state index in [0.29, 0.717) is 11.6 Å². The molecular formula is C15H18ClN3OS. The third kappa shape index (κ3) is 5.44. The second kappa shape index (κ2) is 8.10. The fraction of sp³-hybridized carbons (Fsp3) is 0.333. The number of amides is 1. The van der Waals surface area contributed by atoms with Gasteiger partial charge in [0, 0.05) is 35.4 Å². The number of benzene rings is 1. The summed E-state index contributed by atoms with van der Waals surface area (Å²) < 4.78 is 2.00. The molecule has 0 saturated heterocycles. The number of halogens is 1. The van der Waals surface area contributed by atoms with Gasteiger partial charge in [-0.15, -0.1) is 11.8 Å². The van der Waals surface area contributed by atoms with Crippen LogP contribution in [0.2, 0.25) is 5.02 Å². The van der Waals surface area contributed by atoms with Crippen molar-refractivity contribution in [3.05, 3.63) is 48.0 Å². The molecule has 1 heterocycles. The maximum absolute atomic E-state index is 12.0. The molecule has 0 saturated carbocycles. The van der Waals surface area contributed by atoms with E-state index in [1.54, 1.807) is 12.5 Å². The second-order valence-corrected chi connectivity index (χ2v) is 6.51. The Balaban J connectivity index is 1.68. The van der Waals surface area contributed by atoms with Crippen LogP contribution in [0, 0.1) is 0 Å². The molecule has 0 spiro atoms. The first-order chi connectivity index (χ1) is 10.1. The molecule has 0 aliphatic rings. The quantitative estimate of drug-likeness (QED) is 0.628. The van der Waals surface area contributed by atoms with Crippen molar-refractivity contribution in [1.82, 2.24) is 14.9 Å². The summed E-state index contributed by atoms with van der Waals surface area (Å²) in [4.78, 5) is 17.0. The molecule has 0 unspecified atom stereocenters. The third-order valence-electron chi connectivity index (χ3n) is 2.95. The average Bonchev–Trinajstić information content (AvgIpc) is 2.99. The Morgan fingerprint density at radius 3 is 2.86 bits per heavy atom. The number of carbonyl (C=O) groups is 1. The predicted molar refractivity (Wildman–Crippen MR) is 86.6 cm³/mol. The highest BCUT2D eigenvalue weighted by atomic mass is 35.5. The first kappa shape index (κ1) is 15.9. The number of nitrogens with zero attached hydrogens (tertiary/aromatic N) is 2. The van der Waals surface area contributed by atoms with Crippen LogP contribution in [0.25, 0.3) is 0 Å². The van der Waals surface area contributed by atoms with Gasteiger partial charge in [0.15, 0.2) is 0 Å². The van der Waals surface area contributed by atoms with Crippen molar-refractivity contribution in [2.45, 2.75) is 30.0 Å². The topological polar surface area (TPSA) is 46.9 Å². The molecule has 21 heavy (non-hydrogen) atoms. The van der Waals surface area contributed by atoms with Crippen molar-refractivity contribution in [2.24, 2.45) is 0 Å². The Kier molecular flexibility index (Phi) is 6.14. The van der Waals surface area contributed by atoms with E-state index in [1.165, 1.54) is 11.8 Å². The van der Waals surface area contributed by atoms with Crippen molar-refractivity contribution in [3.63, 3.8) is 0 Å². The average molecular weight is 324 g/mol. The molecule has 6 heteroatoms. The zero-order valence-electron chi connectivity index (χ0n) is 11.8. The summed E-state index contributed by atoms with van der Waals surface area (Å²) in [7, 11) is 0. The van der Waals surface area contributed by atoms with Gasteiger partial charge in [-0.2, -0.15) is 0 Å². The van der Waals surface area contributed by atoms with Crippen molar-refractivity contribution < 1.29 is 4.79 Å². The highest BCUT2D eigenvalue weighted by Crippen LogP contribution is 2.24. The lowest BCUT2D eigenvalue weighted by Gasteiger charge is -2.12. The molecule has 0 aliphatic carbocycles. The standard InChI is InChI=1S/C15H18ClN3OS/c1-12(21-14-5-3-13(16)4-6-14)15(20)18-7-2-9-19-10-8-17-11-19/h3-6,8,10-12H,2,7,9H2,1H3,(H,18,20)/t12-/m0/s1. The van der Waals surface area contributed by atoms with Crippen LogP contribution >= 0.6 is 23.4 Å². The lowest BCUT2D eigenvalue weighted by Crippen LogP contribution is -2.32. The van der Waals surface area contributed by atoms with E-state index in [4.69, 9.17) is 11.6 Å². The lowest BCUT2D eigenvalue weighted by molar-refractivity contribution is -0.120. The van der Waals surface area contributed by atoms with Crippen LogP contribution in [-0.4, -0.2) is 27.3 Å². The number of aryl methyl sites for hydroxylation is 1. The highest BCUT2D eigenvalue weighted by molar-refractivity contribution is 8.00. The zero-order valence-corrected chi connectivity index (χ0v) is 13.4. The largest absolute Gasteiger partial charge is 0.355 e. The van der Waals surface area contributed by atoms with Gasteiger partial charge in [0.25, 0.3) is 0 Å². The SMILES string of the molecule is C[C@H](Sc1ccc(Cl)cc1)C(=O)NCCCn1ccnc1. The van der Waals surface area contributed by atoms with Crippen LogP contribution in [0.4, 0.5) is 0 Å². The summed E-state index contributed by atoms with van der Waals surface area (Å²) in [6, 6.07) is 7.52. The summed E-state index contributed by atoms with van der Waals surface area (Å²) in [5.41, 5.74) is 0. The highest BCUT2D eigenvalue weighted by Gasteiger charge is 2.13. The van der Waals surface area contributed by atoms with Crippen molar-refractivity contribution in [2.75, 3.05) is 6.54 Å². The maximum atomic E-state index is 12.0. The van der Waals surface area contributed by atoms with Gasteiger partial charge in [-0.3, -0.25) is 4.79 Å². The lowest BCUT2D eigenvalue weighted by atomic mass is 10.4. The van der Waals surface area contributed by atoms with Crippen LogP contribution in [-0.2, 0) is 11.3 Å². The van der Waals surface area contributed by atoms with Crippen LogP contribution in [0.5, 0.6) is 0 Å². The first-order valence-electron chi connectivity index (χ1n) is 6.81. The van der Waals surface area contributed by atoms with E-state index in [-0.39, 0.29) is 11.2 Å². The molecule has 112 valence electrons. The number of hydrogen-bond donors (Lipinski definition) is 1. The molecule has 0 fully saturated rings. The van der Waals surface area contributed by atoms with Crippen molar-refractivity contribution in [3.8, 4) is 0 Å². The number of aromatic nitrogens is 2. The molecule has 1 amide bonds. The van der Waals surface area contributed by atoms with Gasteiger partial charge in [0.05, 0.1) is 11.6 Å². The molecule has 0 aliphatic heterocycles. The maximum Gasteiger partial charge on any atom is 0.233 e. The summed E-state index contributed by atoms with van der Waals surface area (Å²) in [6.45, 7) is 3.44. The smallest absolute Gasteiger partial charge is 0.233 e. The molecule has 2 aromatic rings. The Hall–Kier alpha value is -1.46. The summed E-state index contributed by atoms with van der Waals surface area (Å²) >= 11 is 7.37. The molecule has 2 rings (SSSR count). The summed E-state index contributed by atoms with van der Waals surface area (Å²) in [6.07, 6.45) is 6.34. The van der Waals surface area contributed by atoms with Gasteiger partial charge in [0.1, 0.15) is 0 Å². The minimum atomic E-state index is -0.126. The number of thioether (sulfide) groups is 1. The Bertz CT molecular complexity index is 557. The first-order valence-corrected chi connectivity index (χ1v) is 8.06. The van der Waals surface area contributed by atoms with E-state index in [2.05, 4.69) is 10.3 Å². The fourth-order valence-electron chi connectivity index (χ4n) is 1.81. The Morgan fingerprint density at radius 1 is 1.43 bits per heavy atom. The second-order valence-electron chi connectivity index (χ2n) is 4.66. The fourth-order valence-corrected chi connectivity index (χ4v) is 2.82. The minimum Gasteiger partial charge on any atom is -0.355 e. The van der Waals surface area contributed by atoms with Crippen LogP contribution in [0.3, 0.4) is 0 Å². The van der Waals surface area contributed by atoms with Gasteiger partial charge >= 0.3 is 0 Å². The third-order valence-corrected chi connectivity index (χ3v) is 4.31. The van der Waals surface area contributed by atoms with Crippen LogP contribution in [0.15, 0.2) is 47.9 Å². The summed E-state index contributed by atoms with van der Waals surface area (Å²) in [5.74, 6) is 0.0561. The van der Waals surface area contributed by atoms with Crippen molar-refractivity contribution in [1.29, 1.82) is 0 Å². The Morgan fingerprint density at radius 2 is 2.19 bits per heavy atom. The van der Waals surface area contributed by atoms with E-state index in [9.17, 15) is 4.79 Å². The number of carbonyl (C=O) groups excluding carboxylic acids is 1. The van der Waals surface area contributed by atoms with Gasteiger partial charge in [-0.1, -0.05) is 11.6 Å². The molecule has 0 radical (unpaired) electrons. The van der Waals surface area contributed by atoms with Gasteiger partial charge in [-0.05, 0) is 37.6 Å². The molecule has 4 nitrogen and oxygen atoms in total. The molecule has 1 atom stereocenters. The Labute approximate surface area is 133 Å². The van der Waals surface area contributed by atoms with E-state index in [0.717, 1.165) is 17.9 Å². The molecule has 0 bridgehead atoms. The van der Waals surface area contributed by atoms with Crippen molar-refractivity contribution >= 4 is 29.3 Å². The molecule has 1 N–H and O–H groups in total. The molecular weight excluding hydrogens is 306 g/mol. The van der Waals surface area contributed by atoms with Gasteiger partial charge < -0.3 is 9.88 Å². The van der Waals surface area contributed by atoms with Gasteiger partial charge in [0.2, 0.25) is 5.91 Å².